The second-order valence-electron chi connectivity index (χ2n) is 4.51. The number of amides is 1. The van der Waals surface area contributed by atoms with E-state index in [-0.39, 0.29) is 5.91 Å². The number of rotatable bonds is 7. The van der Waals surface area contributed by atoms with E-state index in [0.29, 0.717) is 25.7 Å². The third kappa shape index (κ3) is 4.14. The van der Waals surface area contributed by atoms with Crippen LogP contribution in [0.4, 0.5) is 0 Å². The molecule has 0 aromatic carbocycles. The van der Waals surface area contributed by atoms with Gasteiger partial charge in [-0.1, -0.05) is 19.4 Å². The zero-order valence-corrected chi connectivity index (χ0v) is 11.5. The molecule has 0 saturated carbocycles. The van der Waals surface area contributed by atoms with Crippen molar-refractivity contribution in [3.63, 3.8) is 0 Å². The Morgan fingerprint density at radius 1 is 1.50 bits per heavy atom. The molecule has 0 aliphatic carbocycles. The molecule has 4 nitrogen and oxygen atoms in total. The normalized spacial score (nSPS) is 13.9. The highest BCUT2D eigenvalue weighted by molar-refractivity contribution is 7.09. The average molecular weight is 269 g/mol. The topological polar surface area (TPSA) is 66.4 Å². The van der Waals surface area contributed by atoms with E-state index in [1.54, 1.807) is 18.3 Å². The van der Waals surface area contributed by atoms with Crippen molar-refractivity contribution in [2.24, 2.45) is 0 Å². The Bertz CT molecular complexity index is 402. The second kappa shape index (κ2) is 6.54. The molecule has 0 saturated heterocycles. The quantitative estimate of drug-likeness (QED) is 0.799. The largest absolute Gasteiger partial charge is 0.480 e. The SMILES string of the molecule is CCCC(C)(NC(=O)CCc1cccs1)C(=O)O. The van der Waals surface area contributed by atoms with Gasteiger partial charge in [-0.3, -0.25) is 4.79 Å². The fourth-order valence-electron chi connectivity index (χ4n) is 1.78. The summed E-state index contributed by atoms with van der Waals surface area (Å²) in [5, 5.41) is 13.7. The van der Waals surface area contributed by atoms with Crippen LogP contribution in [-0.2, 0) is 16.0 Å². The molecule has 0 aliphatic rings. The van der Waals surface area contributed by atoms with Crippen LogP contribution in [0.15, 0.2) is 17.5 Å². The predicted molar refractivity (Wildman–Crippen MR) is 71.7 cm³/mol. The highest BCUT2D eigenvalue weighted by Gasteiger charge is 2.33. The van der Waals surface area contributed by atoms with Gasteiger partial charge in [-0.15, -0.1) is 11.3 Å². The van der Waals surface area contributed by atoms with E-state index in [1.807, 2.05) is 24.4 Å². The lowest BCUT2D eigenvalue weighted by Gasteiger charge is -2.25. The summed E-state index contributed by atoms with van der Waals surface area (Å²) in [5.74, 6) is -1.18. The summed E-state index contributed by atoms with van der Waals surface area (Å²) in [6, 6.07) is 3.91. The summed E-state index contributed by atoms with van der Waals surface area (Å²) in [5.41, 5.74) is -1.15. The molecular formula is C13H19NO3S. The minimum absolute atomic E-state index is 0.207. The number of hydrogen-bond donors (Lipinski definition) is 2. The van der Waals surface area contributed by atoms with Gasteiger partial charge in [0, 0.05) is 11.3 Å². The van der Waals surface area contributed by atoms with Crippen molar-refractivity contribution < 1.29 is 14.7 Å². The molecule has 1 rings (SSSR count). The van der Waals surface area contributed by atoms with Crippen molar-refractivity contribution in [2.45, 2.75) is 45.1 Å². The molecule has 1 aromatic heterocycles. The molecule has 0 radical (unpaired) electrons. The first-order chi connectivity index (χ1) is 8.48. The van der Waals surface area contributed by atoms with Gasteiger partial charge in [0.05, 0.1) is 0 Å². The number of carbonyl (C=O) groups is 2. The number of carboxylic acid groups (broad SMARTS) is 1. The Kier molecular flexibility index (Phi) is 5.34. The molecule has 0 spiro atoms. The van der Waals surface area contributed by atoms with Crippen LogP contribution in [-0.4, -0.2) is 22.5 Å². The second-order valence-corrected chi connectivity index (χ2v) is 5.55. The molecule has 1 atom stereocenters. The van der Waals surface area contributed by atoms with Gasteiger partial charge in [0.15, 0.2) is 0 Å². The number of nitrogens with one attached hydrogen (secondary N) is 1. The van der Waals surface area contributed by atoms with E-state index in [4.69, 9.17) is 5.11 Å². The number of hydrogen-bond acceptors (Lipinski definition) is 3. The molecule has 5 heteroatoms. The fraction of sp³-hybridized carbons (Fsp3) is 0.538. The summed E-state index contributed by atoms with van der Waals surface area (Å²) in [6.45, 7) is 3.46. The van der Waals surface area contributed by atoms with Gasteiger partial charge in [0.2, 0.25) is 5.91 Å². The summed E-state index contributed by atoms with van der Waals surface area (Å²) < 4.78 is 0. The lowest BCUT2D eigenvalue weighted by atomic mass is 9.96. The van der Waals surface area contributed by atoms with Crippen molar-refractivity contribution in [3.05, 3.63) is 22.4 Å². The molecule has 0 fully saturated rings. The lowest BCUT2D eigenvalue weighted by Crippen LogP contribution is -2.52. The van der Waals surface area contributed by atoms with E-state index in [2.05, 4.69) is 5.32 Å². The molecule has 1 amide bonds. The Hall–Kier alpha value is -1.36. The van der Waals surface area contributed by atoms with Crippen molar-refractivity contribution in [2.75, 3.05) is 0 Å². The maximum atomic E-state index is 11.8. The summed E-state index contributed by atoms with van der Waals surface area (Å²) >= 11 is 1.60. The van der Waals surface area contributed by atoms with Crippen LogP contribution in [0.3, 0.4) is 0 Å². The van der Waals surface area contributed by atoms with Crippen LogP contribution in [0.25, 0.3) is 0 Å². The zero-order valence-electron chi connectivity index (χ0n) is 10.7. The molecular weight excluding hydrogens is 250 g/mol. The van der Waals surface area contributed by atoms with Crippen molar-refractivity contribution in [1.82, 2.24) is 5.32 Å². The third-order valence-corrected chi connectivity index (χ3v) is 3.75. The lowest BCUT2D eigenvalue weighted by molar-refractivity contribution is -0.147. The number of aryl methyl sites for hydroxylation is 1. The number of aliphatic carboxylic acids is 1. The summed E-state index contributed by atoms with van der Waals surface area (Å²) in [7, 11) is 0. The zero-order chi connectivity index (χ0) is 13.6. The van der Waals surface area contributed by atoms with Crippen molar-refractivity contribution in [3.8, 4) is 0 Å². The summed E-state index contributed by atoms with van der Waals surface area (Å²) in [4.78, 5) is 24.1. The number of thiophene rings is 1. The van der Waals surface area contributed by atoms with Crippen LogP contribution in [0.2, 0.25) is 0 Å². The monoisotopic (exact) mass is 269 g/mol. The number of carboxylic acids is 1. The van der Waals surface area contributed by atoms with Crippen LogP contribution in [0, 0.1) is 0 Å². The standard InChI is InChI=1S/C13H19NO3S/c1-3-8-13(2,12(16)17)14-11(15)7-6-10-5-4-9-18-10/h4-5,9H,3,6-8H2,1-2H3,(H,14,15)(H,16,17). The van der Waals surface area contributed by atoms with Crippen LogP contribution in [0.1, 0.15) is 38.0 Å². The summed E-state index contributed by atoms with van der Waals surface area (Å²) in [6.07, 6.45) is 2.14. The van der Waals surface area contributed by atoms with Crippen LogP contribution < -0.4 is 5.32 Å². The molecule has 0 aliphatic heterocycles. The first-order valence-electron chi connectivity index (χ1n) is 6.04. The van der Waals surface area contributed by atoms with E-state index in [1.165, 1.54) is 0 Å². The Labute approximate surface area is 111 Å². The highest BCUT2D eigenvalue weighted by Crippen LogP contribution is 2.14. The molecule has 1 unspecified atom stereocenters. The maximum absolute atomic E-state index is 11.8. The molecule has 1 aromatic rings. The molecule has 0 bridgehead atoms. The van der Waals surface area contributed by atoms with Crippen LogP contribution in [0.5, 0.6) is 0 Å². The van der Waals surface area contributed by atoms with Crippen LogP contribution >= 0.6 is 11.3 Å². The fourth-order valence-corrected chi connectivity index (χ4v) is 2.49. The maximum Gasteiger partial charge on any atom is 0.329 e. The third-order valence-electron chi connectivity index (χ3n) is 2.82. The van der Waals surface area contributed by atoms with Gasteiger partial charge in [0.25, 0.3) is 0 Å². The van der Waals surface area contributed by atoms with Crippen molar-refractivity contribution in [1.29, 1.82) is 0 Å². The number of carbonyl (C=O) groups excluding carboxylic acids is 1. The Balaban J connectivity index is 2.49. The highest BCUT2D eigenvalue weighted by atomic mass is 32.1. The van der Waals surface area contributed by atoms with Gasteiger partial charge < -0.3 is 10.4 Å². The van der Waals surface area contributed by atoms with E-state index in [0.717, 1.165) is 4.88 Å². The Morgan fingerprint density at radius 3 is 2.72 bits per heavy atom. The molecule has 100 valence electrons. The average Bonchev–Trinajstić information content (AvgIpc) is 2.79. The van der Waals surface area contributed by atoms with E-state index in [9.17, 15) is 9.59 Å². The van der Waals surface area contributed by atoms with Crippen molar-refractivity contribution >= 4 is 23.2 Å². The van der Waals surface area contributed by atoms with Gasteiger partial charge in [0.1, 0.15) is 5.54 Å². The molecule has 18 heavy (non-hydrogen) atoms. The van der Waals surface area contributed by atoms with E-state index < -0.39 is 11.5 Å². The molecule has 1 heterocycles. The predicted octanol–water partition coefficient (Wildman–Crippen LogP) is 2.44. The van der Waals surface area contributed by atoms with Gasteiger partial charge in [-0.25, -0.2) is 4.79 Å². The smallest absolute Gasteiger partial charge is 0.329 e. The minimum Gasteiger partial charge on any atom is -0.480 e. The van der Waals surface area contributed by atoms with Gasteiger partial charge in [-0.05, 0) is 31.2 Å². The first kappa shape index (κ1) is 14.7. The Morgan fingerprint density at radius 2 is 2.22 bits per heavy atom. The first-order valence-corrected chi connectivity index (χ1v) is 6.92. The molecule has 2 N–H and O–H groups in total. The van der Waals surface area contributed by atoms with Gasteiger partial charge >= 0.3 is 5.97 Å². The minimum atomic E-state index is -1.15. The van der Waals surface area contributed by atoms with E-state index >= 15 is 0 Å². The van der Waals surface area contributed by atoms with Gasteiger partial charge in [-0.2, -0.15) is 0 Å².